The first-order valence-corrected chi connectivity index (χ1v) is 17.8. The number of hydrogen-bond acceptors (Lipinski definition) is 9. The van der Waals surface area contributed by atoms with E-state index in [9.17, 15) is 0 Å². The molecule has 9 nitrogen and oxygen atoms in total. The van der Waals surface area contributed by atoms with Crippen LogP contribution in [0.1, 0.15) is 5.82 Å². The molecule has 0 aliphatic heterocycles. The Labute approximate surface area is 317 Å². The van der Waals surface area contributed by atoms with Crippen LogP contribution in [0, 0.1) is 6.92 Å². The smallest absolute Gasteiger partial charge is 0.164 e. The number of benzene rings is 6. The number of rotatable bonds is 8. The summed E-state index contributed by atoms with van der Waals surface area (Å²) in [4.78, 5) is 43.9. The molecule has 0 fully saturated rings. The Morgan fingerprint density at radius 2 is 0.418 bits per heavy atom. The van der Waals surface area contributed by atoms with E-state index in [1.54, 1.807) is 0 Å². The van der Waals surface area contributed by atoms with Crippen molar-refractivity contribution < 1.29 is 0 Å². The topological polar surface area (TPSA) is 116 Å². The van der Waals surface area contributed by atoms with Crippen LogP contribution in [0.2, 0.25) is 0 Å². The van der Waals surface area contributed by atoms with Crippen LogP contribution in [-0.4, -0.2) is 44.9 Å². The maximum atomic E-state index is 5.05. The molecule has 0 bridgehead atoms. The van der Waals surface area contributed by atoms with E-state index in [0.717, 1.165) is 44.5 Å². The molecule has 0 aliphatic carbocycles. The minimum atomic E-state index is 0.513. The Kier molecular flexibility index (Phi) is 8.91. The van der Waals surface area contributed by atoms with Gasteiger partial charge in [0, 0.05) is 44.5 Å². The van der Waals surface area contributed by atoms with Gasteiger partial charge in [0.15, 0.2) is 46.6 Å². The summed E-state index contributed by atoms with van der Waals surface area (Å²) in [6.45, 7) is 1.88. The zero-order valence-corrected chi connectivity index (χ0v) is 29.7. The van der Waals surface area contributed by atoms with Crippen molar-refractivity contribution in [1.82, 2.24) is 44.9 Å². The third-order valence-corrected chi connectivity index (χ3v) is 8.90. The maximum absolute atomic E-state index is 5.05. The second kappa shape index (κ2) is 14.8. The molecule has 55 heavy (non-hydrogen) atoms. The van der Waals surface area contributed by atoms with Crippen molar-refractivity contribution in [1.29, 1.82) is 0 Å². The van der Waals surface area contributed by atoms with Crippen LogP contribution in [0.3, 0.4) is 0 Å². The Bertz CT molecular complexity index is 2700. The van der Waals surface area contributed by atoms with Crippen molar-refractivity contribution >= 4 is 0 Å². The molecule has 3 heterocycles. The molecule has 0 atom stereocenters. The summed E-state index contributed by atoms with van der Waals surface area (Å²) in [5.74, 6) is 5.13. The highest BCUT2D eigenvalue weighted by molar-refractivity contribution is 5.74. The third-order valence-electron chi connectivity index (χ3n) is 8.90. The van der Waals surface area contributed by atoms with E-state index in [0.29, 0.717) is 52.4 Å². The molecule has 9 heteroatoms. The molecule has 0 saturated carbocycles. The lowest BCUT2D eigenvalue weighted by Gasteiger charge is -2.11. The van der Waals surface area contributed by atoms with Gasteiger partial charge in [0.25, 0.3) is 0 Å². The monoisotopic (exact) mass is 709 g/mol. The second-order valence-electron chi connectivity index (χ2n) is 12.8. The quantitative estimate of drug-likeness (QED) is 0.152. The molecule has 0 amide bonds. The Morgan fingerprint density at radius 3 is 0.691 bits per heavy atom. The van der Waals surface area contributed by atoms with Crippen LogP contribution in [0.15, 0.2) is 170 Å². The molecule has 3 aromatic heterocycles. The molecule has 0 N–H and O–H groups in total. The van der Waals surface area contributed by atoms with Crippen LogP contribution in [-0.2, 0) is 0 Å². The first-order chi connectivity index (χ1) is 27.1. The standard InChI is InChI=1S/C46H31N9/c1-30-47-39(31-16-6-2-7-17-31)49-43(48-30)35-24-14-25-36(28-35)45-53-42(34-22-12-5-13-23-34)54-46(55-45)38-27-15-26-37(29-38)44-51-40(32-18-8-3-9-19-32)50-41(52-44)33-20-10-4-11-21-33/h2-29H,1H3. The Balaban J connectivity index is 1.15. The zero-order valence-electron chi connectivity index (χ0n) is 29.7. The van der Waals surface area contributed by atoms with E-state index in [1.165, 1.54) is 0 Å². The van der Waals surface area contributed by atoms with E-state index in [1.807, 2.05) is 177 Å². The highest BCUT2D eigenvalue weighted by atomic mass is 15.1. The van der Waals surface area contributed by atoms with Crippen LogP contribution in [0.4, 0.5) is 0 Å². The van der Waals surface area contributed by atoms with E-state index >= 15 is 0 Å². The number of nitrogens with zero attached hydrogens (tertiary/aromatic N) is 9. The zero-order chi connectivity index (χ0) is 37.0. The first kappa shape index (κ1) is 33.2. The average Bonchev–Trinajstić information content (AvgIpc) is 3.27. The van der Waals surface area contributed by atoms with Gasteiger partial charge >= 0.3 is 0 Å². The van der Waals surface area contributed by atoms with E-state index in [4.69, 9.17) is 39.9 Å². The van der Waals surface area contributed by atoms with Crippen LogP contribution >= 0.6 is 0 Å². The summed E-state index contributed by atoms with van der Waals surface area (Å²) in [6, 6.07) is 55.6. The van der Waals surface area contributed by atoms with Gasteiger partial charge in [0.05, 0.1) is 0 Å². The largest absolute Gasteiger partial charge is 0.213 e. The number of hydrogen-bond donors (Lipinski definition) is 0. The molecule has 0 radical (unpaired) electrons. The molecule has 9 aromatic rings. The van der Waals surface area contributed by atoms with Crippen LogP contribution in [0.5, 0.6) is 0 Å². The summed E-state index contributed by atoms with van der Waals surface area (Å²) < 4.78 is 0. The molecule has 0 spiro atoms. The van der Waals surface area contributed by atoms with Gasteiger partial charge in [0.1, 0.15) is 5.82 Å². The van der Waals surface area contributed by atoms with Gasteiger partial charge in [-0.3, -0.25) is 0 Å². The van der Waals surface area contributed by atoms with Crippen molar-refractivity contribution in [3.8, 4) is 91.1 Å². The van der Waals surface area contributed by atoms with Crippen molar-refractivity contribution in [2.45, 2.75) is 6.92 Å². The predicted molar refractivity (Wildman–Crippen MR) is 215 cm³/mol. The summed E-state index contributed by atoms with van der Waals surface area (Å²) in [5.41, 5.74) is 6.82. The number of aryl methyl sites for hydroxylation is 1. The second-order valence-corrected chi connectivity index (χ2v) is 12.8. The van der Waals surface area contributed by atoms with Gasteiger partial charge in [0.2, 0.25) is 0 Å². The van der Waals surface area contributed by atoms with Gasteiger partial charge in [-0.1, -0.05) is 158 Å². The predicted octanol–water partition coefficient (Wildman–Crippen LogP) is 9.89. The number of aromatic nitrogens is 9. The fraction of sp³-hybridized carbons (Fsp3) is 0.0217. The van der Waals surface area contributed by atoms with Crippen LogP contribution in [0.25, 0.3) is 91.1 Å². The van der Waals surface area contributed by atoms with Crippen LogP contribution < -0.4 is 0 Å². The highest BCUT2D eigenvalue weighted by Crippen LogP contribution is 2.31. The summed E-state index contributed by atoms with van der Waals surface area (Å²) in [6.07, 6.45) is 0. The lowest BCUT2D eigenvalue weighted by atomic mass is 10.1. The van der Waals surface area contributed by atoms with Gasteiger partial charge in [-0.15, -0.1) is 0 Å². The third kappa shape index (κ3) is 7.22. The average molecular weight is 710 g/mol. The van der Waals surface area contributed by atoms with Gasteiger partial charge in [-0.2, -0.15) is 0 Å². The summed E-state index contributed by atoms with van der Waals surface area (Å²) in [5, 5.41) is 0. The van der Waals surface area contributed by atoms with Crippen molar-refractivity contribution in [3.05, 3.63) is 176 Å². The first-order valence-electron chi connectivity index (χ1n) is 17.8. The van der Waals surface area contributed by atoms with Crippen molar-refractivity contribution in [2.75, 3.05) is 0 Å². The molecule has 0 unspecified atom stereocenters. The van der Waals surface area contributed by atoms with Crippen molar-refractivity contribution in [2.24, 2.45) is 0 Å². The van der Waals surface area contributed by atoms with Gasteiger partial charge < -0.3 is 0 Å². The Hall–Kier alpha value is -7.65. The lowest BCUT2D eigenvalue weighted by Crippen LogP contribution is -2.02. The lowest BCUT2D eigenvalue weighted by molar-refractivity contribution is 0.992. The fourth-order valence-corrected chi connectivity index (χ4v) is 6.21. The highest BCUT2D eigenvalue weighted by Gasteiger charge is 2.17. The molecular formula is C46H31N9. The molecular weight excluding hydrogens is 679 g/mol. The summed E-state index contributed by atoms with van der Waals surface area (Å²) >= 11 is 0. The Morgan fingerprint density at radius 1 is 0.218 bits per heavy atom. The summed E-state index contributed by atoms with van der Waals surface area (Å²) in [7, 11) is 0. The minimum Gasteiger partial charge on any atom is -0.213 e. The molecule has 6 aromatic carbocycles. The van der Waals surface area contributed by atoms with E-state index < -0.39 is 0 Å². The van der Waals surface area contributed by atoms with E-state index in [-0.39, 0.29) is 0 Å². The van der Waals surface area contributed by atoms with Gasteiger partial charge in [-0.25, -0.2) is 44.9 Å². The molecule has 260 valence electrons. The van der Waals surface area contributed by atoms with Crippen molar-refractivity contribution in [3.63, 3.8) is 0 Å². The molecule has 0 saturated heterocycles. The van der Waals surface area contributed by atoms with E-state index in [2.05, 4.69) is 4.98 Å². The van der Waals surface area contributed by atoms with Gasteiger partial charge in [-0.05, 0) is 19.1 Å². The molecule has 0 aliphatic rings. The fourth-order valence-electron chi connectivity index (χ4n) is 6.21. The maximum Gasteiger partial charge on any atom is 0.164 e. The molecule has 9 rings (SSSR count). The minimum absolute atomic E-state index is 0.513. The SMILES string of the molecule is Cc1nc(-c2ccccc2)nc(-c2cccc(-c3nc(-c4ccccc4)nc(-c4cccc(-c5nc(-c6ccccc6)nc(-c6ccccc6)n5)c4)n3)c2)n1. The normalized spacial score (nSPS) is 11.0.